The van der Waals surface area contributed by atoms with Crippen LogP contribution < -0.4 is 0 Å². The summed E-state index contributed by atoms with van der Waals surface area (Å²) in [5, 5.41) is 8.49. The van der Waals surface area contributed by atoms with Crippen LogP contribution in [0.3, 0.4) is 0 Å². The molecule has 0 aromatic heterocycles. The van der Waals surface area contributed by atoms with Crippen LogP contribution in [0.4, 0.5) is 0 Å². The molecular weight excluding hydrogens is 355 g/mol. The molecular formula is C5H12CaO3Pb. The number of hydrogen-bond donors (Lipinski definition) is 1. The summed E-state index contributed by atoms with van der Waals surface area (Å²) in [7, 11) is 0. The van der Waals surface area contributed by atoms with Gasteiger partial charge in [0.1, 0.15) is 12.4 Å². The third-order valence-corrected chi connectivity index (χ3v) is 0.742. The van der Waals surface area contributed by atoms with E-state index in [-0.39, 0.29) is 66.4 Å². The Morgan fingerprint density at radius 1 is 1.70 bits per heavy atom. The predicted molar refractivity (Wildman–Crippen MR) is 41.4 cm³/mol. The topological polar surface area (TPSA) is 54.4 Å². The van der Waals surface area contributed by atoms with Crippen molar-refractivity contribution in [2.45, 2.75) is 25.9 Å². The number of carbonyl (C=O) groups is 1. The van der Waals surface area contributed by atoms with E-state index in [4.69, 9.17) is 7.79 Å². The Balaban J connectivity index is -0.0000000303. The molecule has 1 unspecified atom stereocenters. The quantitative estimate of drug-likeness (QED) is 0.550. The monoisotopic (exact) mass is 368 g/mol. The van der Waals surface area contributed by atoms with Crippen molar-refractivity contribution in [1.29, 1.82) is 0 Å². The zero-order chi connectivity index (χ0) is 7.70. The fourth-order valence-electron chi connectivity index (χ4n) is 0.364. The molecule has 0 amide bonds. The van der Waals surface area contributed by atoms with Crippen LogP contribution in [0.25, 0.3) is 0 Å². The Morgan fingerprint density at radius 2 is 2.10 bits per heavy atom. The molecule has 0 aliphatic rings. The van der Waals surface area contributed by atoms with E-state index in [0.717, 1.165) is 6.42 Å². The summed E-state index contributed by atoms with van der Waals surface area (Å²) in [6.07, 6.45) is 1.28. The van der Waals surface area contributed by atoms with E-state index in [2.05, 4.69) is 0 Å². The van der Waals surface area contributed by atoms with Gasteiger partial charge >= 0.3 is 66.2 Å². The zero-order valence-corrected chi connectivity index (χ0v) is 12.1. The molecule has 0 fully saturated rings. The van der Waals surface area contributed by atoms with Gasteiger partial charge in [-0.3, -0.25) is 0 Å². The molecule has 0 saturated carbocycles. The van der Waals surface area contributed by atoms with E-state index in [1.807, 2.05) is 6.92 Å². The van der Waals surface area contributed by atoms with Crippen molar-refractivity contribution in [3.63, 3.8) is 0 Å². The summed E-state index contributed by atoms with van der Waals surface area (Å²) in [6.45, 7) is 1.92. The van der Waals surface area contributed by atoms with Gasteiger partial charge in [0.25, 0.3) is 0 Å². The first-order valence-corrected chi connectivity index (χ1v) is 4.23. The molecule has 0 aromatic rings. The van der Waals surface area contributed by atoms with Gasteiger partial charge in [0.2, 0.25) is 0 Å². The molecule has 56 valence electrons. The summed E-state index contributed by atoms with van der Waals surface area (Å²) in [4.78, 5) is 9.64. The van der Waals surface area contributed by atoms with Crippen LogP contribution >= 0.6 is 0 Å². The predicted octanol–water partition coefficient (Wildman–Crippen LogP) is -0.309. The average molecular weight is 367 g/mol. The Bertz CT molecular complexity index is 79.7. The fraction of sp³-hybridized carbons (Fsp3) is 0.800. The average Bonchev–Trinajstić information content (AvgIpc) is 1.93. The summed E-state index contributed by atoms with van der Waals surface area (Å²) < 4.78 is 8.39. The molecule has 0 saturated heterocycles. The molecule has 2 radical (unpaired) electrons. The third kappa shape index (κ3) is 16.3. The molecule has 0 bridgehead atoms. The van der Waals surface area contributed by atoms with Crippen molar-refractivity contribution in [2.24, 2.45) is 0 Å². The Hall–Kier alpha value is 1.61. The van der Waals surface area contributed by atoms with Gasteiger partial charge in [-0.15, -0.1) is 0 Å². The Labute approximate surface area is 110 Å². The minimum atomic E-state index is -0.731. The first-order chi connectivity index (χ1) is 4.31. The van der Waals surface area contributed by atoms with Crippen LogP contribution in [-0.2, 0) is 7.48 Å². The van der Waals surface area contributed by atoms with Crippen molar-refractivity contribution in [2.75, 3.05) is 0 Å². The van der Waals surface area contributed by atoms with Gasteiger partial charge in [-0.05, 0) is 6.42 Å². The first kappa shape index (κ1) is 17.6. The van der Waals surface area contributed by atoms with Gasteiger partial charge in [-0.1, -0.05) is 13.3 Å². The van der Waals surface area contributed by atoms with Crippen LogP contribution in [-0.4, -0.2) is 81.0 Å². The Kier molecular flexibility index (Phi) is 29.8. The Morgan fingerprint density at radius 3 is 2.20 bits per heavy atom. The van der Waals surface area contributed by atoms with E-state index in [1.54, 1.807) is 0 Å². The van der Waals surface area contributed by atoms with E-state index < -0.39 is 6.10 Å². The first-order valence-electron chi connectivity index (χ1n) is 2.65. The van der Waals surface area contributed by atoms with Crippen molar-refractivity contribution < 1.29 is 15.4 Å². The second-order valence-corrected chi connectivity index (χ2v) is 1.49. The van der Waals surface area contributed by atoms with Crippen LogP contribution in [0.15, 0.2) is 0 Å². The summed E-state index contributed by atoms with van der Waals surface area (Å²) >= 11 is 0.0556. The van der Waals surface area contributed by atoms with E-state index in [1.165, 1.54) is 0 Å². The second-order valence-electron chi connectivity index (χ2n) is 1.49. The molecule has 10 heavy (non-hydrogen) atoms. The van der Waals surface area contributed by atoms with Crippen LogP contribution in [0.5, 0.6) is 0 Å². The number of aliphatic hydroxyl groups is 1. The number of aldehydes is 1. The molecule has 1 atom stereocenters. The maximum atomic E-state index is 9.64. The zero-order valence-electron chi connectivity index (χ0n) is 8.04. The van der Waals surface area contributed by atoms with E-state index >= 15 is 0 Å². The van der Waals surface area contributed by atoms with E-state index in [9.17, 15) is 4.79 Å². The van der Waals surface area contributed by atoms with Gasteiger partial charge < -0.3 is 12.8 Å². The third-order valence-electron chi connectivity index (χ3n) is 0.742. The van der Waals surface area contributed by atoms with Crippen molar-refractivity contribution in [1.82, 2.24) is 0 Å². The van der Waals surface area contributed by atoms with Crippen molar-refractivity contribution in [3.8, 4) is 0 Å². The molecule has 0 rings (SSSR count). The van der Waals surface area contributed by atoms with E-state index in [0.29, 0.717) is 12.7 Å². The normalized spacial score (nSPS) is 9.80. The SMILES string of the molecule is CCCC(O)C=O.[Ca+2].[H-].[H-].[O]=[Pb]. The number of aliphatic hydroxyl groups excluding tert-OH is 1. The molecule has 0 spiro atoms. The van der Waals surface area contributed by atoms with Gasteiger partial charge in [-0.2, -0.15) is 0 Å². The van der Waals surface area contributed by atoms with Gasteiger partial charge in [0, 0.05) is 0 Å². The minimum absolute atomic E-state index is 0. The maximum absolute atomic E-state index is 9.64. The molecule has 0 heterocycles. The van der Waals surface area contributed by atoms with Crippen LogP contribution in [0, 0.1) is 0 Å². The molecule has 0 aliphatic heterocycles. The standard InChI is InChI=1S/C5H10O2.Ca.O.Pb.2H/c1-2-3-5(7)4-6;;;;;/h4-5,7H,2-3H2,1H3;;;;;/q;+2;;;2*-1. The number of carbonyl (C=O) groups excluding carboxylic acids is 1. The molecule has 0 aromatic carbocycles. The number of hydrogen-bond acceptors (Lipinski definition) is 3. The van der Waals surface area contributed by atoms with Crippen molar-refractivity contribution >= 4 is 69.8 Å². The van der Waals surface area contributed by atoms with Gasteiger partial charge in [0.15, 0.2) is 0 Å². The molecule has 0 aliphatic carbocycles. The van der Waals surface area contributed by atoms with Gasteiger partial charge in [-0.25, -0.2) is 0 Å². The molecule has 1 N–H and O–H groups in total. The second kappa shape index (κ2) is 16.9. The summed E-state index contributed by atoms with van der Waals surface area (Å²) in [6, 6.07) is 0. The summed E-state index contributed by atoms with van der Waals surface area (Å²) in [5.41, 5.74) is 0. The molecule has 3 nitrogen and oxygen atoms in total. The van der Waals surface area contributed by atoms with Gasteiger partial charge in [0.05, 0.1) is 0 Å². The fourth-order valence-corrected chi connectivity index (χ4v) is 0.364. The molecule has 5 heteroatoms. The summed E-state index contributed by atoms with van der Waals surface area (Å²) in [5.74, 6) is 0. The van der Waals surface area contributed by atoms with Crippen LogP contribution in [0.1, 0.15) is 22.6 Å². The van der Waals surface area contributed by atoms with Crippen molar-refractivity contribution in [3.05, 3.63) is 0 Å². The number of rotatable bonds is 3. The van der Waals surface area contributed by atoms with Crippen LogP contribution in [0.2, 0.25) is 0 Å².